The van der Waals surface area contributed by atoms with Gasteiger partial charge in [0.2, 0.25) is 0 Å². The van der Waals surface area contributed by atoms with Crippen LogP contribution in [0.15, 0.2) is 47.4 Å². The summed E-state index contributed by atoms with van der Waals surface area (Å²) in [6.07, 6.45) is 1.39. The number of halogens is 3. The van der Waals surface area contributed by atoms with Crippen LogP contribution in [0.2, 0.25) is 0 Å². The zero-order chi connectivity index (χ0) is 28.9. The first kappa shape index (κ1) is 29.5. The van der Waals surface area contributed by atoms with Crippen LogP contribution in [0.3, 0.4) is 0 Å². The standard InChI is InChI=1S/C26H28F3N3OS.C5H9NO/c1-33-25-16-20(34)12-13-23(25)30-14-6-9-19-15-21-22(31-18-7-3-2-4-8-18)10-5-11-24(21)32(19)17-26(27,28)29;1-5(2-6-1)3-7-4-5/h5,10-13,15-16,18,30-31,34H,2-4,7-8,14,17H2,1H3;6H,1-4H2. The third-order valence-electron chi connectivity index (χ3n) is 7.83. The maximum Gasteiger partial charge on any atom is 0.406 e. The minimum Gasteiger partial charge on any atom is -0.495 e. The predicted octanol–water partition coefficient (Wildman–Crippen LogP) is 6.32. The summed E-state index contributed by atoms with van der Waals surface area (Å²) in [6.45, 7) is 3.54. The number of rotatable bonds is 6. The summed E-state index contributed by atoms with van der Waals surface area (Å²) in [7, 11) is 1.56. The molecule has 0 amide bonds. The van der Waals surface area contributed by atoms with E-state index in [9.17, 15) is 13.2 Å². The molecule has 0 atom stereocenters. The predicted molar refractivity (Wildman–Crippen MR) is 160 cm³/mol. The van der Waals surface area contributed by atoms with Crippen molar-refractivity contribution in [1.29, 1.82) is 0 Å². The monoisotopic (exact) mass is 586 g/mol. The number of methoxy groups -OCH3 is 1. The molecule has 3 fully saturated rings. The van der Waals surface area contributed by atoms with Crippen LogP contribution >= 0.6 is 12.6 Å². The summed E-state index contributed by atoms with van der Waals surface area (Å²) in [5, 5.41) is 10.7. The largest absolute Gasteiger partial charge is 0.495 e. The van der Waals surface area contributed by atoms with Gasteiger partial charge in [-0.25, -0.2) is 0 Å². The first-order valence-electron chi connectivity index (χ1n) is 14.1. The molecule has 2 aromatic carbocycles. The van der Waals surface area contributed by atoms with Gasteiger partial charge in [-0.3, -0.25) is 0 Å². The number of benzene rings is 2. The number of alkyl halides is 3. The highest BCUT2D eigenvalue weighted by molar-refractivity contribution is 7.80. The van der Waals surface area contributed by atoms with Crippen molar-refractivity contribution in [3.05, 3.63) is 48.2 Å². The zero-order valence-electron chi connectivity index (χ0n) is 23.2. The molecule has 3 heterocycles. The van der Waals surface area contributed by atoms with Gasteiger partial charge in [0.1, 0.15) is 12.3 Å². The average molecular weight is 587 g/mol. The first-order valence-corrected chi connectivity index (χ1v) is 14.5. The Bertz CT molecular complexity index is 1380. The number of aromatic nitrogens is 1. The Balaban J connectivity index is 0.000000414. The average Bonchev–Trinajstić information content (AvgIpc) is 3.23. The van der Waals surface area contributed by atoms with Crippen molar-refractivity contribution in [2.75, 3.05) is 50.6 Å². The van der Waals surface area contributed by atoms with Crippen LogP contribution in [-0.4, -0.2) is 56.7 Å². The molecule has 10 heteroatoms. The number of hydrogen-bond donors (Lipinski definition) is 4. The highest BCUT2D eigenvalue weighted by Crippen LogP contribution is 2.33. The Kier molecular flexibility index (Phi) is 9.27. The van der Waals surface area contributed by atoms with E-state index in [0.717, 1.165) is 47.7 Å². The number of nitrogens with zero attached hydrogens (tertiary/aromatic N) is 1. The number of hydrogen-bond acceptors (Lipinski definition) is 6. The molecule has 2 aliphatic heterocycles. The molecule has 3 aliphatic rings. The molecule has 6 rings (SSSR count). The van der Waals surface area contributed by atoms with Crippen LogP contribution in [0, 0.1) is 17.3 Å². The van der Waals surface area contributed by atoms with Gasteiger partial charge >= 0.3 is 6.18 Å². The van der Waals surface area contributed by atoms with E-state index in [0.29, 0.717) is 28.4 Å². The van der Waals surface area contributed by atoms with E-state index in [1.807, 2.05) is 18.2 Å². The molecule has 3 aromatic rings. The van der Waals surface area contributed by atoms with Gasteiger partial charge in [0, 0.05) is 40.5 Å². The number of thiol groups is 1. The molecule has 2 saturated heterocycles. The van der Waals surface area contributed by atoms with Crippen LogP contribution in [-0.2, 0) is 11.3 Å². The summed E-state index contributed by atoms with van der Waals surface area (Å²) < 4.78 is 51.9. The quantitative estimate of drug-likeness (QED) is 0.201. The van der Waals surface area contributed by atoms with E-state index in [2.05, 4.69) is 40.4 Å². The van der Waals surface area contributed by atoms with Crippen LogP contribution in [0.5, 0.6) is 5.75 Å². The summed E-state index contributed by atoms with van der Waals surface area (Å²) in [6, 6.07) is 13.0. The Morgan fingerprint density at radius 3 is 2.49 bits per heavy atom. The normalized spacial score (nSPS) is 17.9. The number of fused-ring (bicyclic) bond motifs is 1. The fraction of sp³-hybridized carbons (Fsp3) is 0.484. The van der Waals surface area contributed by atoms with E-state index >= 15 is 0 Å². The number of anilines is 2. The second-order valence-electron chi connectivity index (χ2n) is 11.1. The van der Waals surface area contributed by atoms with Crippen molar-refractivity contribution in [2.24, 2.45) is 5.41 Å². The van der Waals surface area contributed by atoms with E-state index in [-0.39, 0.29) is 6.54 Å². The third kappa shape index (κ3) is 7.45. The highest BCUT2D eigenvalue weighted by atomic mass is 32.1. The van der Waals surface area contributed by atoms with E-state index in [1.54, 1.807) is 31.4 Å². The molecule has 41 heavy (non-hydrogen) atoms. The molecule has 1 saturated carbocycles. The second kappa shape index (κ2) is 12.9. The Labute approximate surface area is 244 Å². The molecular formula is C31H37F3N4O2S. The van der Waals surface area contributed by atoms with E-state index in [4.69, 9.17) is 9.47 Å². The van der Waals surface area contributed by atoms with Gasteiger partial charge in [-0.15, -0.1) is 12.6 Å². The molecule has 3 N–H and O–H groups in total. The highest BCUT2D eigenvalue weighted by Gasteiger charge is 2.43. The molecular weight excluding hydrogens is 549 g/mol. The van der Waals surface area contributed by atoms with Crippen molar-refractivity contribution in [1.82, 2.24) is 9.88 Å². The summed E-state index contributed by atoms with van der Waals surface area (Å²) in [5.41, 5.74) is 3.08. The lowest BCUT2D eigenvalue weighted by molar-refractivity contribution is -0.140. The van der Waals surface area contributed by atoms with Crippen LogP contribution in [0.1, 0.15) is 37.8 Å². The van der Waals surface area contributed by atoms with Gasteiger partial charge in [0.15, 0.2) is 0 Å². The van der Waals surface area contributed by atoms with Crippen LogP contribution in [0.4, 0.5) is 24.5 Å². The molecule has 0 radical (unpaired) electrons. The minimum absolute atomic E-state index is 0.253. The van der Waals surface area contributed by atoms with Gasteiger partial charge in [-0.1, -0.05) is 31.2 Å². The Morgan fingerprint density at radius 1 is 1.10 bits per heavy atom. The van der Waals surface area contributed by atoms with Crippen molar-refractivity contribution in [2.45, 2.75) is 55.8 Å². The van der Waals surface area contributed by atoms with Crippen molar-refractivity contribution in [3.63, 3.8) is 0 Å². The Hall–Kier alpha value is -3.00. The first-order chi connectivity index (χ1) is 19.8. The lowest BCUT2D eigenvalue weighted by Gasteiger charge is -2.48. The molecule has 0 bridgehead atoms. The van der Waals surface area contributed by atoms with Crippen molar-refractivity contribution < 1.29 is 22.6 Å². The fourth-order valence-corrected chi connectivity index (χ4v) is 5.70. The maximum atomic E-state index is 13.4. The molecule has 0 unspecified atom stereocenters. The number of ether oxygens (including phenoxy) is 2. The maximum absolute atomic E-state index is 13.4. The van der Waals surface area contributed by atoms with E-state index in [1.165, 1.54) is 36.9 Å². The smallest absolute Gasteiger partial charge is 0.406 e. The van der Waals surface area contributed by atoms with Gasteiger partial charge in [-0.2, -0.15) is 13.2 Å². The lowest BCUT2D eigenvalue weighted by Crippen LogP contribution is -2.64. The topological polar surface area (TPSA) is 59.5 Å². The van der Waals surface area contributed by atoms with Gasteiger partial charge in [0.25, 0.3) is 0 Å². The van der Waals surface area contributed by atoms with Crippen molar-refractivity contribution in [3.8, 4) is 17.6 Å². The number of nitrogens with one attached hydrogen (secondary N) is 3. The SMILES string of the molecule is C1NCC12COC2.COc1cc(S)ccc1NCC#Cc1cc2c(NC3CCCCC3)cccc2n1CC(F)(F)F. The third-order valence-corrected chi connectivity index (χ3v) is 8.11. The van der Waals surface area contributed by atoms with Gasteiger partial charge < -0.3 is 30.0 Å². The second-order valence-corrected chi connectivity index (χ2v) is 11.6. The van der Waals surface area contributed by atoms with Crippen LogP contribution < -0.4 is 20.7 Å². The zero-order valence-corrected chi connectivity index (χ0v) is 24.1. The summed E-state index contributed by atoms with van der Waals surface area (Å²) >= 11 is 4.30. The molecule has 6 nitrogen and oxygen atoms in total. The van der Waals surface area contributed by atoms with Crippen LogP contribution in [0.25, 0.3) is 10.9 Å². The fourth-order valence-electron chi connectivity index (χ4n) is 5.50. The molecule has 220 valence electrons. The minimum atomic E-state index is -4.35. The molecule has 1 aliphatic carbocycles. The van der Waals surface area contributed by atoms with Gasteiger partial charge in [0.05, 0.1) is 43.8 Å². The Morgan fingerprint density at radius 2 is 1.88 bits per heavy atom. The molecule has 1 spiro atoms. The van der Waals surface area contributed by atoms with E-state index < -0.39 is 12.7 Å². The molecule has 1 aromatic heterocycles. The van der Waals surface area contributed by atoms with Gasteiger partial charge in [-0.05, 0) is 55.2 Å². The summed E-state index contributed by atoms with van der Waals surface area (Å²) in [4.78, 5) is 0.766. The lowest BCUT2D eigenvalue weighted by atomic mass is 9.80. The summed E-state index contributed by atoms with van der Waals surface area (Å²) in [5.74, 6) is 6.53. The van der Waals surface area contributed by atoms with Crippen molar-refractivity contribution >= 4 is 34.9 Å².